The summed E-state index contributed by atoms with van der Waals surface area (Å²) < 4.78 is 13.5. The molecule has 1 aliphatic carbocycles. The molecule has 0 unspecified atom stereocenters. The fourth-order valence-corrected chi connectivity index (χ4v) is 4.61. The highest BCUT2D eigenvalue weighted by atomic mass is 79.9. The highest BCUT2D eigenvalue weighted by molar-refractivity contribution is 9.10. The van der Waals surface area contributed by atoms with E-state index in [1.807, 2.05) is 35.0 Å². The molecular formula is C23H24BrN3O3. The van der Waals surface area contributed by atoms with Crippen molar-refractivity contribution in [1.82, 2.24) is 15.1 Å². The van der Waals surface area contributed by atoms with Gasteiger partial charge in [-0.15, -0.1) is 0 Å². The summed E-state index contributed by atoms with van der Waals surface area (Å²) >= 11 is 3.49. The molecule has 0 saturated carbocycles. The Morgan fingerprint density at radius 1 is 1.20 bits per heavy atom. The highest BCUT2D eigenvalue weighted by Gasteiger charge is 2.27. The number of fused-ring (bicyclic) bond motifs is 1. The minimum atomic E-state index is -0.161. The number of aryl methyl sites for hydroxylation is 1. The molecule has 30 heavy (non-hydrogen) atoms. The first-order chi connectivity index (χ1) is 14.5. The van der Waals surface area contributed by atoms with Crippen LogP contribution in [0.25, 0.3) is 5.69 Å². The summed E-state index contributed by atoms with van der Waals surface area (Å²) in [6.07, 6.45) is 2.86. The van der Waals surface area contributed by atoms with E-state index in [4.69, 9.17) is 14.6 Å². The number of hydrogen-bond donors (Lipinski definition) is 1. The lowest BCUT2D eigenvalue weighted by Gasteiger charge is -2.12. The van der Waals surface area contributed by atoms with E-state index in [1.165, 1.54) is 0 Å². The molecule has 1 aromatic heterocycles. The van der Waals surface area contributed by atoms with Gasteiger partial charge >= 0.3 is 0 Å². The molecular weight excluding hydrogens is 446 g/mol. The predicted molar refractivity (Wildman–Crippen MR) is 119 cm³/mol. The topological polar surface area (TPSA) is 65.4 Å². The van der Waals surface area contributed by atoms with Gasteiger partial charge in [-0.3, -0.25) is 4.79 Å². The summed E-state index contributed by atoms with van der Waals surface area (Å²) in [5.74, 6) is 1.08. The lowest BCUT2D eigenvalue weighted by molar-refractivity contribution is 0.0944. The smallest absolute Gasteiger partial charge is 0.272 e. The lowest BCUT2D eigenvalue weighted by atomic mass is 10.1. The van der Waals surface area contributed by atoms with Crippen molar-refractivity contribution in [3.8, 4) is 17.2 Å². The van der Waals surface area contributed by atoms with Crippen LogP contribution in [0.4, 0.5) is 0 Å². The maximum Gasteiger partial charge on any atom is 0.272 e. The third-order valence-electron chi connectivity index (χ3n) is 5.44. The molecule has 3 aromatic rings. The number of methoxy groups -OCH3 is 2. The lowest BCUT2D eigenvalue weighted by Crippen LogP contribution is -2.24. The molecule has 0 bridgehead atoms. The minimum Gasteiger partial charge on any atom is -0.493 e. The number of para-hydroxylation sites is 1. The SMILES string of the molecule is COc1cc(CNC(=O)c2nn(-c3ccccc3C)c3c2CCC3)cc(Br)c1OC. The van der Waals surface area contributed by atoms with Crippen molar-refractivity contribution in [3.05, 3.63) is 68.9 Å². The molecule has 1 heterocycles. The average molecular weight is 470 g/mol. The quantitative estimate of drug-likeness (QED) is 0.581. The monoisotopic (exact) mass is 469 g/mol. The van der Waals surface area contributed by atoms with Crippen LogP contribution < -0.4 is 14.8 Å². The fraction of sp³-hybridized carbons (Fsp3) is 0.304. The van der Waals surface area contributed by atoms with Crippen LogP contribution in [0.15, 0.2) is 40.9 Å². The van der Waals surface area contributed by atoms with Crippen LogP contribution in [0.1, 0.15) is 39.3 Å². The number of halogens is 1. The van der Waals surface area contributed by atoms with Gasteiger partial charge in [-0.25, -0.2) is 4.68 Å². The largest absolute Gasteiger partial charge is 0.493 e. The van der Waals surface area contributed by atoms with Crippen molar-refractivity contribution in [3.63, 3.8) is 0 Å². The average Bonchev–Trinajstić information content (AvgIpc) is 3.35. The number of nitrogens with one attached hydrogen (secondary N) is 1. The van der Waals surface area contributed by atoms with E-state index in [0.717, 1.165) is 51.8 Å². The normalized spacial score (nSPS) is 12.5. The van der Waals surface area contributed by atoms with Gasteiger partial charge in [-0.05, 0) is 71.4 Å². The van der Waals surface area contributed by atoms with Crippen LogP contribution in [0.3, 0.4) is 0 Å². The molecule has 0 fully saturated rings. The number of aromatic nitrogens is 2. The number of carbonyl (C=O) groups is 1. The third kappa shape index (κ3) is 3.69. The summed E-state index contributed by atoms with van der Waals surface area (Å²) in [6, 6.07) is 11.9. The highest BCUT2D eigenvalue weighted by Crippen LogP contribution is 2.36. The number of nitrogens with zero attached hydrogens (tertiary/aromatic N) is 2. The zero-order valence-corrected chi connectivity index (χ0v) is 18.9. The maximum atomic E-state index is 13.0. The fourth-order valence-electron chi connectivity index (χ4n) is 3.96. The Kier molecular flexibility index (Phi) is 5.81. The Bertz CT molecular complexity index is 1110. The van der Waals surface area contributed by atoms with Crippen LogP contribution in [-0.4, -0.2) is 29.9 Å². The van der Waals surface area contributed by atoms with Crippen molar-refractivity contribution < 1.29 is 14.3 Å². The molecule has 0 spiro atoms. The minimum absolute atomic E-state index is 0.161. The second-order valence-electron chi connectivity index (χ2n) is 7.32. The molecule has 0 radical (unpaired) electrons. The summed E-state index contributed by atoms with van der Waals surface area (Å²) in [4.78, 5) is 13.0. The Balaban J connectivity index is 1.59. The third-order valence-corrected chi connectivity index (χ3v) is 6.02. The van der Waals surface area contributed by atoms with E-state index in [9.17, 15) is 4.79 Å². The zero-order chi connectivity index (χ0) is 21.3. The first-order valence-electron chi connectivity index (χ1n) is 9.88. The van der Waals surface area contributed by atoms with Crippen LogP contribution >= 0.6 is 15.9 Å². The van der Waals surface area contributed by atoms with Gasteiger partial charge in [0.2, 0.25) is 0 Å². The van der Waals surface area contributed by atoms with Crippen molar-refractivity contribution in [1.29, 1.82) is 0 Å². The van der Waals surface area contributed by atoms with E-state index < -0.39 is 0 Å². The van der Waals surface area contributed by atoms with Gasteiger partial charge in [0.05, 0.1) is 24.4 Å². The molecule has 0 aliphatic heterocycles. The molecule has 6 nitrogen and oxygen atoms in total. The Labute approximate surface area is 184 Å². The number of amides is 1. The molecule has 7 heteroatoms. The van der Waals surface area contributed by atoms with E-state index in [2.05, 4.69) is 34.2 Å². The number of carbonyl (C=O) groups excluding carboxylic acids is 1. The van der Waals surface area contributed by atoms with Gasteiger partial charge in [0, 0.05) is 17.8 Å². The zero-order valence-electron chi connectivity index (χ0n) is 17.3. The van der Waals surface area contributed by atoms with Gasteiger partial charge < -0.3 is 14.8 Å². The van der Waals surface area contributed by atoms with Crippen molar-refractivity contribution in [2.75, 3.05) is 14.2 Å². The molecule has 1 amide bonds. The van der Waals surface area contributed by atoms with Crippen LogP contribution in [0.2, 0.25) is 0 Å². The molecule has 156 valence electrons. The van der Waals surface area contributed by atoms with E-state index in [0.29, 0.717) is 23.7 Å². The number of rotatable bonds is 6. The molecule has 2 aromatic carbocycles. The molecule has 1 aliphatic rings. The van der Waals surface area contributed by atoms with Crippen LogP contribution in [0, 0.1) is 6.92 Å². The Hall–Kier alpha value is -2.80. The standard InChI is InChI=1S/C23H24BrN3O3/c1-14-7-4-5-9-18(14)27-19-10-6-8-16(19)21(26-27)23(28)25-13-15-11-17(24)22(30-3)20(12-15)29-2/h4-5,7,9,11-12H,6,8,10,13H2,1-3H3,(H,25,28). The number of hydrogen-bond acceptors (Lipinski definition) is 4. The van der Waals surface area contributed by atoms with Gasteiger partial charge in [-0.2, -0.15) is 5.10 Å². The van der Waals surface area contributed by atoms with Gasteiger partial charge in [0.25, 0.3) is 5.91 Å². The first kappa shape index (κ1) is 20.5. The summed E-state index contributed by atoms with van der Waals surface area (Å²) in [6.45, 7) is 2.43. The molecule has 0 atom stereocenters. The van der Waals surface area contributed by atoms with Crippen LogP contribution in [-0.2, 0) is 19.4 Å². The number of benzene rings is 2. The Morgan fingerprint density at radius 3 is 2.73 bits per heavy atom. The van der Waals surface area contributed by atoms with Crippen molar-refractivity contribution in [2.24, 2.45) is 0 Å². The number of ether oxygens (including phenoxy) is 2. The van der Waals surface area contributed by atoms with Crippen LogP contribution in [0.5, 0.6) is 11.5 Å². The van der Waals surface area contributed by atoms with E-state index in [1.54, 1.807) is 14.2 Å². The summed E-state index contributed by atoms with van der Waals surface area (Å²) in [5.41, 5.74) is 5.79. The second-order valence-corrected chi connectivity index (χ2v) is 8.18. The van der Waals surface area contributed by atoms with Gasteiger partial charge in [-0.1, -0.05) is 18.2 Å². The molecule has 4 rings (SSSR count). The second kappa shape index (κ2) is 8.52. The molecule has 1 N–H and O–H groups in total. The van der Waals surface area contributed by atoms with Gasteiger partial charge in [0.15, 0.2) is 17.2 Å². The van der Waals surface area contributed by atoms with E-state index >= 15 is 0 Å². The summed E-state index contributed by atoms with van der Waals surface area (Å²) in [7, 11) is 3.18. The predicted octanol–water partition coefficient (Wildman–Crippen LogP) is 4.38. The van der Waals surface area contributed by atoms with E-state index in [-0.39, 0.29) is 5.91 Å². The Morgan fingerprint density at radius 2 is 2.00 bits per heavy atom. The van der Waals surface area contributed by atoms with Crippen molar-refractivity contribution >= 4 is 21.8 Å². The summed E-state index contributed by atoms with van der Waals surface area (Å²) in [5, 5.41) is 7.71. The van der Waals surface area contributed by atoms with Crippen molar-refractivity contribution in [2.45, 2.75) is 32.7 Å². The molecule has 0 saturated heterocycles. The van der Waals surface area contributed by atoms with Gasteiger partial charge in [0.1, 0.15) is 0 Å². The maximum absolute atomic E-state index is 13.0. The first-order valence-corrected chi connectivity index (χ1v) is 10.7.